The summed E-state index contributed by atoms with van der Waals surface area (Å²) in [5.74, 6) is -0.978. The molecule has 0 aromatic heterocycles. The first-order valence-electron chi connectivity index (χ1n) is 10.8. The molecule has 31 heavy (non-hydrogen) atoms. The first-order chi connectivity index (χ1) is 14.9. The Morgan fingerprint density at radius 3 is 2.16 bits per heavy atom. The third-order valence-corrected chi connectivity index (χ3v) is 8.17. The van der Waals surface area contributed by atoms with Crippen LogP contribution in [0.15, 0.2) is 29.2 Å². The van der Waals surface area contributed by atoms with Crippen molar-refractivity contribution in [3.63, 3.8) is 0 Å². The van der Waals surface area contributed by atoms with Crippen LogP contribution in [0, 0.1) is 11.7 Å². The van der Waals surface area contributed by atoms with Crippen molar-refractivity contribution in [2.24, 2.45) is 5.92 Å². The van der Waals surface area contributed by atoms with E-state index in [0.717, 1.165) is 25.0 Å². The van der Waals surface area contributed by atoms with Crippen LogP contribution in [0.3, 0.4) is 0 Å². The summed E-state index contributed by atoms with van der Waals surface area (Å²) in [5.41, 5.74) is 0. The van der Waals surface area contributed by atoms with Gasteiger partial charge in [0.05, 0.1) is 10.8 Å². The fourth-order valence-corrected chi connectivity index (χ4v) is 6.02. The maximum absolute atomic E-state index is 13.2. The van der Waals surface area contributed by atoms with E-state index in [0.29, 0.717) is 52.2 Å². The Labute approximate surface area is 182 Å². The van der Waals surface area contributed by atoms with E-state index in [1.54, 1.807) is 9.80 Å². The lowest BCUT2D eigenvalue weighted by molar-refractivity contribution is -0.147. The monoisotopic (exact) mass is 453 g/mol. The van der Waals surface area contributed by atoms with Crippen LogP contribution in [-0.4, -0.2) is 86.3 Å². The van der Waals surface area contributed by atoms with Crippen LogP contribution in [0.4, 0.5) is 4.39 Å². The topological polar surface area (TPSA) is 87.2 Å². The molecule has 3 aliphatic heterocycles. The first-order valence-corrected chi connectivity index (χ1v) is 12.2. The second-order valence-electron chi connectivity index (χ2n) is 8.31. The van der Waals surface area contributed by atoms with Gasteiger partial charge in [0.1, 0.15) is 11.9 Å². The van der Waals surface area contributed by atoms with E-state index >= 15 is 0 Å². The van der Waals surface area contributed by atoms with E-state index in [1.165, 1.54) is 16.4 Å². The van der Waals surface area contributed by atoms with Crippen LogP contribution >= 0.6 is 0 Å². The molecule has 1 aromatic rings. The second kappa shape index (κ2) is 9.22. The molecule has 170 valence electrons. The Hall–Kier alpha value is -2.04. The number of hydrogen-bond donors (Lipinski definition) is 0. The van der Waals surface area contributed by atoms with Crippen LogP contribution in [0.25, 0.3) is 0 Å². The van der Waals surface area contributed by atoms with Crippen LogP contribution in [0.1, 0.15) is 25.7 Å². The van der Waals surface area contributed by atoms with Crippen LogP contribution < -0.4 is 0 Å². The van der Waals surface area contributed by atoms with E-state index in [9.17, 15) is 22.4 Å². The smallest absolute Gasteiger partial charge is 0.251 e. The van der Waals surface area contributed by atoms with Crippen molar-refractivity contribution in [1.82, 2.24) is 14.1 Å². The number of ether oxygens (including phenoxy) is 1. The predicted molar refractivity (Wildman–Crippen MR) is 110 cm³/mol. The molecule has 8 nitrogen and oxygen atoms in total. The van der Waals surface area contributed by atoms with Crippen LogP contribution in [0.2, 0.25) is 0 Å². The maximum Gasteiger partial charge on any atom is 0.251 e. The Balaban J connectivity index is 1.35. The number of amides is 2. The Morgan fingerprint density at radius 1 is 0.903 bits per heavy atom. The first kappa shape index (κ1) is 22.2. The molecule has 2 unspecified atom stereocenters. The fourth-order valence-electron chi connectivity index (χ4n) is 4.50. The summed E-state index contributed by atoms with van der Waals surface area (Å²) >= 11 is 0. The Kier molecular flexibility index (Phi) is 6.59. The molecule has 0 spiro atoms. The number of hydrogen-bond acceptors (Lipinski definition) is 5. The van der Waals surface area contributed by atoms with Gasteiger partial charge in [0.25, 0.3) is 5.91 Å². The molecule has 0 N–H and O–H groups in total. The molecule has 1 aromatic carbocycles. The highest BCUT2D eigenvalue weighted by atomic mass is 32.2. The van der Waals surface area contributed by atoms with Gasteiger partial charge in [-0.05, 0) is 49.9 Å². The fraction of sp³-hybridized carbons (Fsp3) is 0.619. The lowest BCUT2D eigenvalue weighted by Gasteiger charge is -2.39. The zero-order valence-electron chi connectivity index (χ0n) is 17.4. The van der Waals surface area contributed by atoms with E-state index in [2.05, 4.69) is 0 Å². The molecule has 0 aliphatic carbocycles. The predicted octanol–water partition coefficient (Wildman–Crippen LogP) is 1.08. The van der Waals surface area contributed by atoms with Gasteiger partial charge in [0, 0.05) is 45.9 Å². The van der Waals surface area contributed by atoms with Crippen LogP contribution in [-0.2, 0) is 24.3 Å². The Bertz CT molecular complexity index is 909. The molecule has 3 aliphatic rings. The zero-order valence-corrected chi connectivity index (χ0v) is 18.2. The van der Waals surface area contributed by atoms with E-state index in [4.69, 9.17) is 4.74 Å². The van der Waals surface area contributed by atoms with Crippen LogP contribution in [0.5, 0.6) is 0 Å². The number of carbonyl (C=O) groups excluding carboxylic acids is 2. The molecule has 0 saturated carbocycles. The third kappa shape index (κ3) is 4.75. The number of piperazine rings is 1. The van der Waals surface area contributed by atoms with E-state index < -0.39 is 21.8 Å². The molecule has 0 radical (unpaired) electrons. The van der Waals surface area contributed by atoms with E-state index in [1.807, 2.05) is 0 Å². The number of sulfonamides is 1. The summed E-state index contributed by atoms with van der Waals surface area (Å²) in [7, 11) is -3.78. The van der Waals surface area contributed by atoms with Crippen molar-refractivity contribution in [3.05, 3.63) is 30.1 Å². The van der Waals surface area contributed by atoms with Gasteiger partial charge in [0.2, 0.25) is 15.9 Å². The van der Waals surface area contributed by atoms with Gasteiger partial charge >= 0.3 is 0 Å². The van der Waals surface area contributed by atoms with Gasteiger partial charge in [-0.2, -0.15) is 4.31 Å². The minimum atomic E-state index is -3.78. The van der Waals surface area contributed by atoms with Crippen molar-refractivity contribution in [3.8, 4) is 0 Å². The van der Waals surface area contributed by atoms with Gasteiger partial charge in [-0.1, -0.05) is 0 Å². The molecular weight excluding hydrogens is 425 g/mol. The van der Waals surface area contributed by atoms with Gasteiger partial charge in [0.15, 0.2) is 0 Å². The number of benzene rings is 1. The van der Waals surface area contributed by atoms with Crippen molar-refractivity contribution < 1.29 is 27.1 Å². The summed E-state index contributed by atoms with van der Waals surface area (Å²) in [6.45, 7) is 2.90. The molecule has 3 saturated heterocycles. The molecule has 3 fully saturated rings. The lowest BCUT2D eigenvalue weighted by Crippen LogP contribution is -2.55. The summed E-state index contributed by atoms with van der Waals surface area (Å²) < 4.78 is 45.8. The number of halogens is 1. The van der Waals surface area contributed by atoms with E-state index in [-0.39, 0.29) is 29.4 Å². The number of carbonyl (C=O) groups is 2. The highest BCUT2D eigenvalue weighted by molar-refractivity contribution is 7.89. The lowest BCUT2D eigenvalue weighted by atomic mass is 9.97. The molecular formula is C21H28FN3O5S. The Morgan fingerprint density at radius 2 is 1.55 bits per heavy atom. The van der Waals surface area contributed by atoms with Gasteiger partial charge < -0.3 is 14.5 Å². The molecule has 10 heteroatoms. The summed E-state index contributed by atoms with van der Waals surface area (Å²) in [4.78, 5) is 29.1. The number of piperidine rings is 1. The average molecular weight is 454 g/mol. The second-order valence-corrected chi connectivity index (χ2v) is 10.2. The normalized spacial score (nSPS) is 25.6. The van der Waals surface area contributed by atoms with Crippen molar-refractivity contribution in [2.45, 2.75) is 36.7 Å². The SMILES string of the molecule is O=C(C1CCCN(S(=O)(=O)c2ccc(F)cc2)C1)N1CCN(C(=O)C2CCCO2)CC1. The van der Waals surface area contributed by atoms with Gasteiger partial charge in [-0.3, -0.25) is 9.59 Å². The molecule has 3 heterocycles. The highest BCUT2D eigenvalue weighted by Gasteiger charge is 2.37. The minimum Gasteiger partial charge on any atom is -0.368 e. The minimum absolute atomic E-state index is 0.00108. The summed E-state index contributed by atoms with van der Waals surface area (Å²) in [6, 6.07) is 4.74. The third-order valence-electron chi connectivity index (χ3n) is 6.29. The maximum atomic E-state index is 13.2. The average Bonchev–Trinajstić information content (AvgIpc) is 3.34. The molecule has 4 rings (SSSR count). The van der Waals surface area contributed by atoms with Gasteiger partial charge in [-0.25, -0.2) is 12.8 Å². The molecule has 0 bridgehead atoms. The van der Waals surface area contributed by atoms with Crippen molar-refractivity contribution in [2.75, 3.05) is 45.9 Å². The highest BCUT2D eigenvalue weighted by Crippen LogP contribution is 2.26. The number of nitrogens with zero attached hydrogens (tertiary/aromatic N) is 3. The van der Waals surface area contributed by atoms with Crippen molar-refractivity contribution >= 4 is 21.8 Å². The molecule has 2 amide bonds. The number of rotatable bonds is 4. The summed E-state index contributed by atoms with van der Waals surface area (Å²) in [5, 5.41) is 0. The largest absolute Gasteiger partial charge is 0.368 e. The molecule has 2 atom stereocenters. The quantitative estimate of drug-likeness (QED) is 0.681. The standard InChI is InChI=1S/C21H28FN3O5S/c22-17-5-7-18(8-6-17)31(28,29)25-9-1-3-16(15-25)20(26)23-10-12-24(13-11-23)21(27)19-4-2-14-30-19/h5-8,16,19H,1-4,9-15H2. The van der Waals surface area contributed by atoms with Gasteiger partial charge in [-0.15, -0.1) is 0 Å². The zero-order chi connectivity index (χ0) is 22.0. The summed E-state index contributed by atoms with van der Waals surface area (Å²) in [6.07, 6.45) is 2.51. The van der Waals surface area contributed by atoms with Crippen molar-refractivity contribution in [1.29, 1.82) is 0 Å².